The molecule has 0 bridgehead atoms. The molecule has 5 heteroatoms. The van der Waals surface area contributed by atoms with E-state index in [0.717, 1.165) is 5.56 Å². The topological polar surface area (TPSA) is 20.2 Å². The van der Waals surface area contributed by atoms with Gasteiger partial charge in [0.25, 0.3) is 3.25 Å². The maximum Gasteiger partial charge on any atom is 0.266 e. The Hall–Kier alpha value is 0.180. The number of aromatic hydroxyl groups is 1. The summed E-state index contributed by atoms with van der Waals surface area (Å²) in [6, 6.07) is 7.25. The standard InChI is InChI=1S/C7H8O.CCl4/c1-6-4-2-3-5-7(6)8;2-1(3,4)5/h2-5,8H,1H3;. The normalized spacial score (nSPS) is 10.2. The summed E-state index contributed by atoms with van der Waals surface area (Å²) in [4.78, 5) is 0. The molecule has 74 valence electrons. The zero-order chi connectivity index (χ0) is 10.5. The molecule has 1 nitrogen and oxygen atoms in total. The monoisotopic (exact) mass is 260 g/mol. The van der Waals surface area contributed by atoms with Crippen LogP contribution in [0.15, 0.2) is 24.3 Å². The van der Waals surface area contributed by atoms with Crippen molar-refractivity contribution in [2.75, 3.05) is 0 Å². The number of halogens is 4. The maximum atomic E-state index is 8.92. The van der Waals surface area contributed by atoms with Gasteiger partial charge < -0.3 is 5.11 Å². The SMILES string of the molecule is Cc1ccccc1O.ClC(Cl)(Cl)Cl. The molecule has 1 rings (SSSR count). The average molecular weight is 262 g/mol. The van der Waals surface area contributed by atoms with E-state index in [4.69, 9.17) is 51.5 Å². The molecular formula is C8H8Cl4O. The maximum absolute atomic E-state index is 8.92. The second kappa shape index (κ2) is 5.82. The molecule has 0 radical (unpaired) electrons. The number of rotatable bonds is 0. The molecule has 0 unspecified atom stereocenters. The molecule has 0 aromatic heterocycles. The van der Waals surface area contributed by atoms with E-state index in [0.29, 0.717) is 5.75 Å². The Morgan fingerprint density at radius 1 is 1.08 bits per heavy atom. The largest absolute Gasteiger partial charge is 0.508 e. The summed E-state index contributed by atoms with van der Waals surface area (Å²) in [5.74, 6) is 0.368. The second-order valence-electron chi connectivity index (χ2n) is 2.22. The van der Waals surface area contributed by atoms with E-state index < -0.39 is 3.25 Å². The van der Waals surface area contributed by atoms with Crippen molar-refractivity contribution in [3.8, 4) is 5.75 Å². The summed E-state index contributed by atoms with van der Waals surface area (Å²) in [7, 11) is 0. The molecule has 1 aromatic carbocycles. The van der Waals surface area contributed by atoms with Gasteiger partial charge in [-0.3, -0.25) is 0 Å². The molecule has 0 aliphatic carbocycles. The van der Waals surface area contributed by atoms with E-state index >= 15 is 0 Å². The molecule has 0 fully saturated rings. The summed E-state index contributed by atoms with van der Waals surface area (Å²) in [6.07, 6.45) is 0. The van der Waals surface area contributed by atoms with Gasteiger partial charge in [-0.2, -0.15) is 0 Å². The first-order chi connectivity index (χ1) is 5.80. The third kappa shape index (κ3) is 10.1. The van der Waals surface area contributed by atoms with Gasteiger partial charge in [-0.25, -0.2) is 0 Å². The lowest BCUT2D eigenvalue weighted by Crippen LogP contribution is -1.81. The Kier molecular flexibility index (Phi) is 5.90. The average Bonchev–Trinajstić information content (AvgIpc) is 1.92. The molecule has 0 heterocycles. The van der Waals surface area contributed by atoms with Gasteiger partial charge in [0.2, 0.25) is 0 Å². The van der Waals surface area contributed by atoms with Crippen molar-refractivity contribution in [2.24, 2.45) is 0 Å². The van der Waals surface area contributed by atoms with Crippen molar-refractivity contribution in [3.63, 3.8) is 0 Å². The highest BCUT2D eigenvalue weighted by Gasteiger charge is 2.11. The van der Waals surface area contributed by atoms with Crippen LogP contribution in [-0.4, -0.2) is 8.36 Å². The van der Waals surface area contributed by atoms with Crippen LogP contribution in [0.25, 0.3) is 0 Å². The minimum Gasteiger partial charge on any atom is -0.508 e. The molecule has 0 spiro atoms. The highest BCUT2D eigenvalue weighted by molar-refractivity contribution is 6.83. The van der Waals surface area contributed by atoms with Crippen LogP contribution in [0, 0.1) is 6.92 Å². The van der Waals surface area contributed by atoms with E-state index in [1.54, 1.807) is 6.07 Å². The first kappa shape index (κ1) is 13.2. The first-order valence-electron chi connectivity index (χ1n) is 3.31. The van der Waals surface area contributed by atoms with Crippen molar-refractivity contribution in [1.82, 2.24) is 0 Å². The third-order valence-electron chi connectivity index (χ3n) is 1.12. The van der Waals surface area contributed by atoms with Gasteiger partial charge in [0.15, 0.2) is 0 Å². The minimum absolute atomic E-state index is 0.368. The minimum atomic E-state index is -1.61. The van der Waals surface area contributed by atoms with Crippen molar-refractivity contribution < 1.29 is 5.11 Å². The molecule has 0 saturated heterocycles. The predicted molar refractivity (Wildman–Crippen MR) is 59.0 cm³/mol. The highest BCUT2D eigenvalue weighted by Crippen LogP contribution is 2.29. The van der Waals surface area contributed by atoms with Crippen LogP contribution < -0.4 is 0 Å². The van der Waals surface area contributed by atoms with Gasteiger partial charge in [0.05, 0.1) is 0 Å². The van der Waals surface area contributed by atoms with E-state index in [9.17, 15) is 0 Å². The van der Waals surface area contributed by atoms with Crippen LogP contribution >= 0.6 is 46.4 Å². The van der Waals surface area contributed by atoms with Crippen LogP contribution in [0.1, 0.15) is 5.56 Å². The van der Waals surface area contributed by atoms with Crippen LogP contribution in [-0.2, 0) is 0 Å². The highest BCUT2D eigenvalue weighted by atomic mass is 35.6. The fourth-order valence-corrected chi connectivity index (χ4v) is 0.563. The van der Waals surface area contributed by atoms with Crippen molar-refractivity contribution in [3.05, 3.63) is 29.8 Å². The Balaban J connectivity index is 0.000000252. The Morgan fingerprint density at radius 3 is 1.69 bits per heavy atom. The molecule has 0 aliphatic heterocycles. The molecule has 0 saturated carbocycles. The Morgan fingerprint density at radius 2 is 1.46 bits per heavy atom. The quantitative estimate of drug-likeness (QED) is 0.693. The molecule has 1 N–H and O–H groups in total. The Bertz CT molecular complexity index is 230. The van der Waals surface area contributed by atoms with Crippen LogP contribution in [0.5, 0.6) is 5.75 Å². The smallest absolute Gasteiger partial charge is 0.266 e. The van der Waals surface area contributed by atoms with E-state index in [1.807, 2.05) is 25.1 Å². The zero-order valence-electron chi connectivity index (χ0n) is 6.77. The van der Waals surface area contributed by atoms with Gasteiger partial charge in [0.1, 0.15) is 5.75 Å². The number of phenols is 1. The Labute approximate surface area is 97.2 Å². The van der Waals surface area contributed by atoms with Crippen molar-refractivity contribution in [1.29, 1.82) is 0 Å². The number of phenolic OH excluding ortho intramolecular Hbond substituents is 1. The zero-order valence-corrected chi connectivity index (χ0v) is 9.79. The molecular weight excluding hydrogens is 254 g/mol. The molecule has 13 heavy (non-hydrogen) atoms. The predicted octanol–water partition coefficient (Wildman–Crippen LogP) is 4.25. The number of alkyl halides is 4. The molecule has 0 atom stereocenters. The number of aryl methyl sites for hydroxylation is 1. The number of benzene rings is 1. The number of hydrogen-bond acceptors (Lipinski definition) is 1. The van der Waals surface area contributed by atoms with Gasteiger partial charge in [-0.1, -0.05) is 64.6 Å². The van der Waals surface area contributed by atoms with Gasteiger partial charge in [0, 0.05) is 0 Å². The van der Waals surface area contributed by atoms with E-state index in [2.05, 4.69) is 0 Å². The lowest BCUT2D eigenvalue weighted by Gasteiger charge is -1.92. The van der Waals surface area contributed by atoms with Gasteiger partial charge in [-0.15, -0.1) is 0 Å². The fourth-order valence-electron chi connectivity index (χ4n) is 0.563. The third-order valence-corrected chi connectivity index (χ3v) is 1.12. The van der Waals surface area contributed by atoms with Gasteiger partial charge >= 0.3 is 0 Å². The lowest BCUT2D eigenvalue weighted by atomic mass is 10.2. The summed E-state index contributed by atoms with van der Waals surface area (Å²) < 4.78 is -1.61. The second-order valence-corrected chi connectivity index (χ2v) is 5.64. The number of para-hydroxylation sites is 1. The van der Waals surface area contributed by atoms with Crippen LogP contribution in [0.3, 0.4) is 0 Å². The van der Waals surface area contributed by atoms with Crippen molar-refractivity contribution in [2.45, 2.75) is 10.2 Å². The number of hydrogen-bond donors (Lipinski definition) is 1. The summed E-state index contributed by atoms with van der Waals surface area (Å²) in [6.45, 7) is 1.87. The van der Waals surface area contributed by atoms with Crippen molar-refractivity contribution >= 4 is 46.4 Å². The van der Waals surface area contributed by atoms with Crippen LogP contribution in [0.4, 0.5) is 0 Å². The molecule has 0 amide bonds. The lowest BCUT2D eigenvalue weighted by molar-refractivity contribution is 0.471. The molecule has 0 aliphatic rings. The van der Waals surface area contributed by atoms with Crippen LogP contribution in [0.2, 0.25) is 0 Å². The first-order valence-corrected chi connectivity index (χ1v) is 4.82. The summed E-state index contributed by atoms with van der Waals surface area (Å²) in [5, 5.41) is 8.92. The van der Waals surface area contributed by atoms with Gasteiger partial charge in [-0.05, 0) is 18.6 Å². The molecule has 1 aromatic rings. The summed E-state index contributed by atoms with van der Waals surface area (Å²) in [5.41, 5.74) is 0.924. The van der Waals surface area contributed by atoms with E-state index in [1.165, 1.54) is 0 Å². The van der Waals surface area contributed by atoms with E-state index in [-0.39, 0.29) is 0 Å². The fraction of sp³-hybridized carbons (Fsp3) is 0.250. The summed E-state index contributed by atoms with van der Waals surface area (Å²) >= 11 is 19.3.